The third-order valence-corrected chi connectivity index (χ3v) is 8.42. The van der Waals surface area contributed by atoms with Gasteiger partial charge >= 0.3 is 23.9 Å². The van der Waals surface area contributed by atoms with Gasteiger partial charge in [-0.3, -0.25) is 24.3 Å². The zero-order valence-electron chi connectivity index (χ0n) is 33.0. The summed E-state index contributed by atoms with van der Waals surface area (Å²) in [5, 5.41) is 7.90. The van der Waals surface area contributed by atoms with Crippen LogP contribution < -0.4 is 4.74 Å². The molecule has 290 valence electrons. The highest BCUT2D eigenvalue weighted by molar-refractivity contribution is 5.84. The zero-order valence-corrected chi connectivity index (χ0v) is 33.0. The van der Waals surface area contributed by atoms with E-state index in [4.69, 9.17) is 28.4 Å². The lowest BCUT2D eigenvalue weighted by molar-refractivity contribution is -0.294. The molecule has 4 rings (SSSR count). The number of aromatic amines is 1. The van der Waals surface area contributed by atoms with Crippen molar-refractivity contribution in [1.82, 2.24) is 15.2 Å². The summed E-state index contributed by atoms with van der Waals surface area (Å²) in [6.45, 7) is 19.7. The van der Waals surface area contributed by atoms with Crippen LogP contribution in [0.25, 0.3) is 11.0 Å². The maximum absolute atomic E-state index is 13.6. The topological polar surface area (TPSA) is 165 Å². The summed E-state index contributed by atoms with van der Waals surface area (Å²) in [5.74, 6) is -2.43. The number of H-pyrrole nitrogens is 1. The van der Waals surface area contributed by atoms with E-state index in [1.165, 1.54) is 0 Å². The highest BCUT2D eigenvalue weighted by Gasteiger charge is 2.56. The molecule has 2 aromatic heterocycles. The molecule has 5 atom stereocenters. The molecule has 13 heteroatoms. The van der Waals surface area contributed by atoms with Crippen molar-refractivity contribution in [3.63, 3.8) is 0 Å². The molecular weight excluding hydrogens is 682 g/mol. The van der Waals surface area contributed by atoms with Crippen LogP contribution in [-0.2, 0) is 55.7 Å². The van der Waals surface area contributed by atoms with Crippen molar-refractivity contribution < 1.29 is 47.6 Å². The van der Waals surface area contributed by atoms with Crippen LogP contribution in [-0.4, -0.2) is 76.4 Å². The van der Waals surface area contributed by atoms with Gasteiger partial charge in [0, 0.05) is 6.20 Å². The Kier molecular flexibility index (Phi) is 12.3. The lowest BCUT2D eigenvalue weighted by Gasteiger charge is -2.45. The lowest BCUT2D eigenvalue weighted by atomic mass is 9.93. The summed E-state index contributed by atoms with van der Waals surface area (Å²) in [7, 11) is 0. The van der Waals surface area contributed by atoms with Gasteiger partial charge < -0.3 is 28.4 Å². The van der Waals surface area contributed by atoms with Gasteiger partial charge in [0.2, 0.25) is 18.3 Å². The van der Waals surface area contributed by atoms with Crippen molar-refractivity contribution in [2.45, 2.75) is 127 Å². The summed E-state index contributed by atoms with van der Waals surface area (Å²) in [4.78, 5) is 58.2. The van der Waals surface area contributed by atoms with Crippen LogP contribution in [0.3, 0.4) is 0 Å². The monoisotopic (exact) mass is 737 g/mol. The molecule has 1 N–H and O–H groups in total. The molecule has 1 aliphatic heterocycles. The molecular formula is C40H55N3O10. The van der Waals surface area contributed by atoms with Crippen LogP contribution in [0.1, 0.15) is 94.2 Å². The van der Waals surface area contributed by atoms with Crippen molar-refractivity contribution in [2.24, 2.45) is 21.7 Å². The Morgan fingerprint density at radius 2 is 1.21 bits per heavy atom. The smallest absolute Gasteiger partial charge is 0.311 e. The summed E-state index contributed by atoms with van der Waals surface area (Å²) in [6.07, 6.45) is -4.04. The van der Waals surface area contributed by atoms with Gasteiger partial charge in [-0.25, -0.2) is 4.98 Å². The van der Waals surface area contributed by atoms with E-state index in [1.807, 2.05) is 36.4 Å². The van der Waals surface area contributed by atoms with Gasteiger partial charge in [-0.05, 0) is 113 Å². The van der Waals surface area contributed by atoms with Gasteiger partial charge in [0.1, 0.15) is 12.7 Å². The van der Waals surface area contributed by atoms with Crippen molar-refractivity contribution in [3.8, 4) is 5.88 Å². The average molecular weight is 738 g/mol. The molecule has 1 aliphatic rings. The van der Waals surface area contributed by atoms with E-state index >= 15 is 0 Å². The number of fused-ring (bicyclic) bond motifs is 1. The SMILES string of the molecule is CC(C)(C)C(=O)OC[C@H]1OC(Oc2n[nH]c3nccc(CCc4ccccc4)c23)[C@H](OC(=O)C(C)(C)C)[C@@H](OC(=O)C(C)(C)C)[C@@H]1OC(=O)C(C)(C)C. The first-order chi connectivity index (χ1) is 24.5. The first-order valence-electron chi connectivity index (χ1n) is 18.0. The molecule has 1 fully saturated rings. The van der Waals surface area contributed by atoms with E-state index in [2.05, 4.69) is 15.2 Å². The van der Waals surface area contributed by atoms with Gasteiger partial charge in [0.05, 0.1) is 27.0 Å². The number of esters is 4. The maximum atomic E-state index is 13.6. The Morgan fingerprint density at radius 1 is 0.679 bits per heavy atom. The highest BCUT2D eigenvalue weighted by atomic mass is 16.7. The van der Waals surface area contributed by atoms with E-state index in [0.717, 1.165) is 17.5 Å². The largest absolute Gasteiger partial charge is 0.462 e. The summed E-state index contributed by atoms with van der Waals surface area (Å²) in [5.41, 5.74) is -1.42. The Balaban J connectivity index is 1.84. The first-order valence-corrected chi connectivity index (χ1v) is 18.0. The maximum Gasteiger partial charge on any atom is 0.311 e. The molecule has 1 unspecified atom stereocenters. The standard InChI is InChI=1S/C40H55N3O10/c1-37(2,3)33(44)48-22-25-27(50-34(45)38(4,5)6)28(51-35(46)39(7,8)9)29(52-36(47)40(10,11)12)32(49-25)53-31-26-24(20-21-41-30(26)42-43-31)19-18-23-16-14-13-15-17-23/h13-17,20-21,25,27-29,32H,18-19,22H2,1-12H3,(H,41,42,43)/t25-,27-,28+,29-,32?/m1/s1. The number of hydrogen-bond acceptors (Lipinski definition) is 12. The Labute approximate surface area is 311 Å². The van der Waals surface area contributed by atoms with E-state index < -0.39 is 82.8 Å². The predicted octanol–water partition coefficient (Wildman–Crippen LogP) is 6.31. The van der Waals surface area contributed by atoms with E-state index in [0.29, 0.717) is 17.5 Å². The fourth-order valence-corrected chi connectivity index (χ4v) is 5.10. The average Bonchev–Trinajstić information content (AvgIpc) is 3.46. The second-order valence-corrected chi connectivity index (χ2v) is 17.6. The number of carbonyl (C=O) groups excluding carboxylic acids is 4. The van der Waals surface area contributed by atoms with E-state index in [-0.39, 0.29) is 5.88 Å². The molecule has 3 heterocycles. The fourth-order valence-electron chi connectivity index (χ4n) is 5.10. The predicted molar refractivity (Wildman–Crippen MR) is 195 cm³/mol. The van der Waals surface area contributed by atoms with Crippen LogP contribution in [0.4, 0.5) is 0 Å². The molecule has 13 nitrogen and oxygen atoms in total. The minimum atomic E-state index is -1.49. The van der Waals surface area contributed by atoms with Crippen LogP contribution in [0, 0.1) is 21.7 Å². The Morgan fingerprint density at radius 3 is 1.75 bits per heavy atom. The molecule has 3 aromatic rings. The van der Waals surface area contributed by atoms with Crippen molar-refractivity contribution >= 4 is 34.9 Å². The summed E-state index contributed by atoms with van der Waals surface area (Å²) < 4.78 is 36.9. The molecule has 0 amide bonds. The number of nitrogens with one attached hydrogen (secondary N) is 1. The van der Waals surface area contributed by atoms with Gasteiger partial charge in [0.25, 0.3) is 0 Å². The molecule has 1 saturated heterocycles. The fraction of sp³-hybridized carbons (Fsp3) is 0.600. The van der Waals surface area contributed by atoms with Crippen LogP contribution >= 0.6 is 0 Å². The number of pyridine rings is 1. The second-order valence-electron chi connectivity index (χ2n) is 17.6. The third-order valence-electron chi connectivity index (χ3n) is 8.42. The van der Waals surface area contributed by atoms with E-state index in [9.17, 15) is 19.2 Å². The van der Waals surface area contributed by atoms with Crippen LogP contribution in [0.2, 0.25) is 0 Å². The minimum Gasteiger partial charge on any atom is -0.462 e. The number of rotatable bonds is 10. The number of benzene rings is 1. The van der Waals surface area contributed by atoms with Gasteiger partial charge in [-0.2, -0.15) is 0 Å². The molecule has 0 radical (unpaired) electrons. The normalized spacial score (nSPS) is 21.1. The number of carbonyl (C=O) groups is 4. The molecule has 0 aliphatic carbocycles. The molecule has 0 bridgehead atoms. The number of hydrogen-bond donors (Lipinski definition) is 1. The number of aryl methyl sites for hydroxylation is 2. The van der Waals surface area contributed by atoms with Gasteiger partial charge in [-0.15, -0.1) is 5.10 Å². The molecule has 53 heavy (non-hydrogen) atoms. The summed E-state index contributed by atoms with van der Waals surface area (Å²) in [6, 6.07) is 11.9. The van der Waals surface area contributed by atoms with E-state index in [1.54, 1.807) is 89.3 Å². The molecule has 0 saturated carbocycles. The summed E-state index contributed by atoms with van der Waals surface area (Å²) >= 11 is 0. The number of ether oxygens (including phenoxy) is 6. The van der Waals surface area contributed by atoms with Crippen molar-refractivity contribution in [2.75, 3.05) is 6.61 Å². The number of aromatic nitrogens is 3. The third kappa shape index (κ3) is 10.6. The quantitative estimate of drug-likeness (QED) is 0.182. The van der Waals surface area contributed by atoms with Gasteiger partial charge in [0.15, 0.2) is 17.9 Å². The second kappa shape index (κ2) is 15.8. The highest BCUT2D eigenvalue weighted by Crippen LogP contribution is 2.36. The molecule has 1 aromatic carbocycles. The minimum absolute atomic E-state index is 0.0921. The number of nitrogens with zero attached hydrogens (tertiary/aromatic N) is 2. The zero-order chi connectivity index (χ0) is 39.5. The van der Waals surface area contributed by atoms with Crippen LogP contribution in [0.5, 0.6) is 5.88 Å². The van der Waals surface area contributed by atoms with Crippen LogP contribution in [0.15, 0.2) is 42.6 Å². The Bertz CT molecular complexity index is 1760. The molecule has 0 spiro atoms. The van der Waals surface area contributed by atoms with Gasteiger partial charge in [-0.1, -0.05) is 30.3 Å². The lowest BCUT2D eigenvalue weighted by Crippen LogP contribution is -2.65. The van der Waals surface area contributed by atoms with Crippen molar-refractivity contribution in [1.29, 1.82) is 0 Å². The first kappa shape index (κ1) is 41.2. The Hall–Kier alpha value is -4.52. The van der Waals surface area contributed by atoms with Crippen molar-refractivity contribution in [3.05, 3.63) is 53.7 Å².